The van der Waals surface area contributed by atoms with Crippen molar-refractivity contribution >= 4 is 12.1 Å². The monoisotopic (exact) mass is 289 g/mol. The van der Waals surface area contributed by atoms with Crippen molar-refractivity contribution in [1.82, 2.24) is 4.90 Å². The Balaban J connectivity index is 1.60. The van der Waals surface area contributed by atoms with E-state index in [1.807, 2.05) is 30.3 Å². The maximum absolute atomic E-state index is 12.3. The van der Waals surface area contributed by atoms with Gasteiger partial charge in [-0.25, -0.2) is 4.79 Å². The molecule has 0 aliphatic carbocycles. The summed E-state index contributed by atoms with van der Waals surface area (Å²) in [5.41, 5.74) is 0.957. The van der Waals surface area contributed by atoms with Crippen LogP contribution < -0.4 is 0 Å². The van der Waals surface area contributed by atoms with Gasteiger partial charge in [0.2, 0.25) is 0 Å². The van der Waals surface area contributed by atoms with E-state index in [2.05, 4.69) is 0 Å². The van der Waals surface area contributed by atoms with Crippen LogP contribution in [-0.4, -0.2) is 34.2 Å². The standard InChI is InChI=1S/C16H19NO4/c18-15(19)12-8-13-6-7-14(9-12)17(13)16(20)21-10-11-4-2-1-3-5-11/h1-5,12-14H,6-10H2,(H,18,19)/t13-,14-/m0/s1. The fourth-order valence-corrected chi connectivity index (χ4v) is 3.47. The maximum Gasteiger partial charge on any atom is 0.410 e. The highest BCUT2D eigenvalue weighted by Crippen LogP contribution is 2.39. The van der Waals surface area contributed by atoms with Crippen LogP contribution in [0.15, 0.2) is 30.3 Å². The van der Waals surface area contributed by atoms with Crippen LogP contribution >= 0.6 is 0 Å². The molecule has 0 saturated carbocycles. The van der Waals surface area contributed by atoms with Crippen LogP contribution in [0.2, 0.25) is 0 Å². The number of fused-ring (bicyclic) bond motifs is 2. The van der Waals surface area contributed by atoms with E-state index in [0.717, 1.165) is 18.4 Å². The van der Waals surface area contributed by atoms with Crippen LogP contribution in [0.25, 0.3) is 0 Å². The highest BCUT2D eigenvalue weighted by molar-refractivity contribution is 5.73. The summed E-state index contributed by atoms with van der Waals surface area (Å²) in [6.45, 7) is 0.262. The van der Waals surface area contributed by atoms with Gasteiger partial charge in [0.25, 0.3) is 0 Å². The molecule has 0 radical (unpaired) electrons. The molecule has 5 nitrogen and oxygen atoms in total. The zero-order valence-corrected chi connectivity index (χ0v) is 11.8. The van der Waals surface area contributed by atoms with E-state index in [0.29, 0.717) is 12.8 Å². The molecule has 0 aromatic heterocycles. The Morgan fingerprint density at radius 3 is 2.33 bits per heavy atom. The van der Waals surface area contributed by atoms with Gasteiger partial charge >= 0.3 is 12.1 Å². The van der Waals surface area contributed by atoms with E-state index < -0.39 is 5.97 Å². The second-order valence-corrected chi connectivity index (χ2v) is 5.84. The topological polar surface area (TPSA) is 66.8 Å². The van der Waals surface area contributed by atoms with Crippen LogP contribution in [0, 0.1) is 5.92 Å². The predicted octanol–water partition coefficient (Wildman–Crippen LogP) is 2.65. The van der Waals surface area contributed by atoms with E-state index in [4.69, 9.17) is 9.84 Å². The molecule has 2 atom stereocenters. The van der Waals surface area contributed by atoms with Gasteiger partial charge in [-0.2, -0.15) is 0 Å². The third kappa shape index (κ3) is 2.86. The molecule has 1 amide bonds. The van der Waals surface area contributed by atoms with E-state index in [-0.39, 0.29) is 30.7 Å². The largest absolute Gasteiger partial charge is 0.481 e. The van der Waals surface area contributed by atoms with Crippen molar-refractivity contribution in [2.45, 2.75) is 44.4 Å². The number of hydrogen-bond donors (Lipinski definition) is 1. The normalized spacial score (nSPS) is 27.4. The lowest BCUT2D eigenvalue weighted by Crippen LogP contribution is -2.48. The summed E-state index contributed by atoms with van der Waals surface area (Å²) < 4.78 is 5.38. The molecular weight excluding hydrogens is 270 g/mol. The first-order valence-corrected chi connectivity index (χ1v) is 7.37. The Labute approximate surface area is 123 Å². The van der Waals surface area contributed by atoms with Crippen molar-refractivity contribution in [2.24, 2.45) is 5.92 Å². The van der Waals surface area contributed by atoms with Gasteiger partial charge < -0.3 is 14.7 Å². The minimum Gasteiger partial charge on any atom is -0.481 e. The lowest BCUT2D eigenvalue weighted by atomic mass is 9.91. The van der Waals surface area contributed by atoms with Crippen LogP contribution in [0.1, 0.15) is 31.2 Å². The van der Waals surface area contributed by atoms with Gasteiger partial charge in [-0.1, -0.05) is 30.3 Å². The van der Waals surface area contributed by atoms with Crippen molar-refractivity contribution in [1.29, 1.82) is 0 Å². The average Bonchev–Trinajstić information content (AvgIpc) is 2.75. The molecule has 2 bridgehead atoms. The quantitative estimate of drug-likeness (QED) is 0.929. The molecule has 0 unspecified atom stereocenters. The van der Waals surface area contributed by atoms with Gasteiger partial charge in [0.1, 0.15) is 6.61 Å². The summed E-state index contributed by atoms with van der Waals surface area (Å²) >= 11 is 0. The van der Waals surface area contributed by atoms with Crippen molar-refractivity contribution in [2.75, 3.05) is 0 Å². The third-order valence-corrected chi connectivity index (χ3v) is 4.50. The van der Waals surface area contributed by atoms with Crippen LogP contribution in [0.3, 0.4) is 0 Å². The Bertz CT molecular complexity index is 516. The SMILES string of the molecule is O=C(O)C1C[C@@H]2CC[C@@H](C1)N2C(=O)OCc1ccccc1. The first-order valence-electron chi connectivity index (χ1n) is 7.37. The van der Waals surface area contributed by atoms with E-state index in [1.54, 1.807) is 4.90 Å². The Morgan fingerprint density at radius 2 is 1.76 bits per heavy atom. The highest BCUT2D eigenvalue weighted by Gasteiger charge is 2.45. The number of benzene rings is 1. The number of carboxylic acid groups (broad SMARTS) is 1. The fourth-order valence-electron chi connectivity index (χ4n) is 3.47. The molecule has 1 aromatic carbocycles. The van der Waals surface area contributed by atoms with Crippen molar-refractivity contribution in [3.63, 3.8) is 0 Å². The summed E-state index contributed by atoms with van der Waals surface area (Å²) in [4.78, 5) is 25.2. The molecule has 2 heterocycles. The number of carboxylic acids is 1. The molecule has 21 heavy (non-hydrogen) atoms. The molecule has 1 N–H and O–H groups in total. The van der Waals surface area contributed by atoms with E-state index in [9.17, 15) is 9.59 Å². The number of amides is 1. The number of piperidine rings is 1. The molecule has 2 saturated heterocycles. The Hall–Kier alpha value is -2.04. The zero-order valence-electron chi connectivity index (χ0n) is 11.8. The van der Waals surface area contributed by atoms with E-state index >= 15 is 0 Å². The van der Waals surface area contributed by atoms with Gasteiger partial charge in [-0.3, -0.25) is 4.79 Å². The number of hydrogen-bond acceptors (Lipinski definition) is 3. The van der Waals surface area contributed by atoms with Gasteiger partial charge in [-0.15, -0.1) is 0 Å². The minimum atomic E-state index is -0.746. The molecule has 2 aliphatic rings. The van der Waals surface area contributed by atoms with Crippen LogP contribution in [-0.2, 0) is 16.1 Å². The van der Waals surface area contributed by atoms with Crippen molar-refractivity contribution < 1.29 is 19.4 Å². The van der Waals surface area contributed by atoms with Crippen LogP contribution in [0.4, 0.5) is 4.79 Å². The number of rotatable bonds is 3. The van der Waals surface area contributed by atoms with Gasteiger partial charge in [0, 0.05) is 12.1 Å². The lowest BCUT2D eigenvalue weighted by Gasteiger charge is -2.36. The highest BCUT2D eigenvalue weighted by atomic mass is 16.6. The first-order chi connectivity index (χ1) is 10.1. The zero-order chi connectivity index (χ0) is 14.8. The molecule has 0 spiro atoms. The number of nitrogens with zero attached hydrogens (tertiary/aromatic N) is 1. The smallest absolute Gasteiger partial charge is 0.410 e. The second kappa shape index (κ2) is 5.76. The fraction of sp³-hybridized carbons (Fsp3) is 0.500. The van der Waals surface area contributed by atoms with Gasteiger partial charge in [0.15, 0.2) is 0 Å². The molecule has 3 rings (SSSR count). The molecule has 112 valence electrons. The van der Waals surface area contributed by atoms with Crippen molar-refractivity contribution in [3.05, 3.63) is 35.9 Å². The number of aliphatic carboxylic acids is 1. The number of ether oxygens (including phenoxy) is 1. The van der Waals surface area contributed by atoms with Crippen molar-refractivity contribution in [3.8, 4) is 0 Å². The second-order valence-electron chi connectivity index (χ2n) is 5.84. The van der Waals surface area contributed by atoms with Crippen LogP contribution in [0.5, 0.6) is 0 Å². The molecule has 1 aromatic rings. The third-order valence-electron chi connectivity index (χ3n) is 4.50. The molecule has 2 fully saturated rings. The molecular formula is C16H19NO4. The summed E-state index contributed by atoms with van der Waals surface area (Å²) in [5, 5.41) is 9.14. The van der Waals surface area contributed by atoms with E-state index in [1.165, 1.54) is 0 Å². The first kappa shape index (κ1) is 13.9. The van der Waals surface area contributed by atoms with Gasteiger partial charge in [-0.05, 0) is 31.2 Å². The number of carbonyl (C=O) groups is 2. The molecule has 2 aliphatic heterocycles. The summed E-state index contributed by atoms with van der Waals surface area (Å²) in [7, 11) is 0. The minimum absolute atomic E-state index is 0.0214. The summed E-state index contributed by atoms with van der Waals surface area (Å²) in [6, 6.07) is 9.61. The Kier molecular flexibility index (Phi) is 3.82. The maximum atomic E-state index is 12.3. The summed E-state index contributed by atoms with van der Waals surface area (Å²) in [5.74, 6) is -1.06. The van der Waals surface area contributed by atoms with Gasteiger partial charge in [0.05, 0.1) is 5.92 Å². The Morgan fingerprint density at radius 1 is 1.14 bits per heavy atom. The lowest BCUT2D eigenvalue weighted by molar-refractivity contribution is -0.144. The number of carbonyl (C=O) groups excluding carboxylic acids is 1. The average molecular weight is 289 g/mol. The molecule has 5 heteroatoms. The predicted molar refractivity (Wildman–Crippen MR) is 75.6 cm³/mol. The summed E-state index contributed by atoms with van der Waals surface area (Å²) in [6.07, 6.45) is 2.55.